The molecule has 0 saturated carbocycles. The minimum absolute atomic E-state index is 0.362. The van der Waals surface area contributed by atoms with Crippen LogP contribution in [0.2, 0.25) is 0 Å². The van der Waals surface area contributed by atoms with E-state index >= 15 is 0 Å². The predicted molar refractivity (Wildman–Crippen MR) is 79.4 cm³/mol. The molecule has 22 heavy (non-hydrogen) atoms. The highest BCUT2D eigenvalue weighted by atomic mass is 32.2. The second-order valence-electron chi connectivity index (χ2n) is 5.25. The van der Waals surface area contributed by atoms with Crippen molar-refractivity contribution in [2.45, 2.75) is 20.0 Å². The van der Waals surface area contributed by atoms with Crippen molar-refractivity contribution >= 4 is 22.5 Å². The summed E-state index contributed by atoms with van der Waals surface area (Å²) in [6, 6.07) is 1.67. The van der Waals surface area contributed by atoms with E-state index in [1.54, 1.807) is 0 Å². The van der Waals surface area contributed by atoms with Gasteiger partial charge >= 0.3 is 12.2 Å². The summed E-state index contributed by atoms with van der Waals surface area (Å²) in [6.45, 7) is 3.83. The second-order valence-corrected chi connectivity index (χ2v) is 6.94. The number of alkyl halides is 3. The van der Waals surface area contributed by atoms with E-state index in [1.165, 1.54) is 18.7 Å². The Labute approximate surface area is 129 Å². The molecule has 0 bridgehead atoms. The lowest BCUT2D eigenvalue weighted by Crippen LogP contribution is -2.44. The summed E-state index contributed by atoms with van der Waals surface area (Å²) in [5, 5.41) is 2.66. The lowest BCUT2D eigenvalue weighted by atomic mass is 10.0. The molecule has 1 heterocycles. The summed E-state index contributed by atoms with van der Waals surface area (Å²) in [5.41, 5.74) is 0.390. The van der Waals surface area contributed by atoms with E-state index in [9.17, 15) is 22.2 Å². The predicted octanol–water partition coefficient (Wildman–Crippen LogP) is 2.92. The number of hydrogen-bond acceptors (Lipinski definition) is 2. The average molecular weight is 334 g/mol. The van der Waals surface area contributed by atoms with Gasteiger partial charge in [0.1, 0.15) is 0 Å². The van der Waals surface area contributed by atoms with Crippen molar-refractivity contribution in [3.05, 3.63) is 28.8 Å². The molecule has 2 rings (SSSR count). The van der Waals surface area contributed by atoms with Gasteiger partial charge in [-0.2, -0.15) is 13.2 Å². The molecular weight excluding hydrogens is 317 g/mol. The summed E-state index contributed by atoms with van der Waals surface area (Å²) in [7, 11) is -0.892. The highest BCUT2D eigenvalue weighted by Gasteiger charge is 2.31. The zero-order chi connectivity index (χ0) is 16.5. The van der Waals surface area contributed by atoms with Crippen molar-refractivity contribution < 1.29 is 22.2 Å². The topological polar surface area (TPSA) is 49.4 Å². The monoisotopic (exact) mass is 334 g/mol. The largest absolute Gasteiger partial charge is 0.416 e. The van der Waals surface area contributed by atoms with Crippen LogP contribution < -0.4 is 5.32 Å². The molecule has 0 aliphatic carbocycles. The van der Waals surface area contributed by atoms with Gasteiger partial charge in [-0.05, 0) is 37.1 Å². The molecule has 1 N–H and O–H groups in total. The molecule has 0 radical (unpaired) electrons. The maximum atomic E-state index is 12.7. The number of halogens is 3. The van der Waals surface area contributed by atoms with Gasteiger partial charge in [0.05, 0.1) is 5.56 Å². The van der Waals surface area contributed by atoms with E-state index in [4.69, 9.17) is 0 Å². The zero-order valence-electron chi connectivity index (χ0n) is 12.3. The van der Waals surface area contributed by atoms with E-state index in [-0.39, 0.29) is 6.03 Å². The van der Waals surface area contributed by atoms with E-state index in [1.807, 2.05) is 0 Å². The fourth-order valence-corrected chi connectivity index (χ4v) is 3.40. The lowest BCUT2D eigenvalue weighted by molar-refractivity contribution is -0.137. The highest BCUT2D eigenvalue weighted by molar-refractivity contribution is 7.85. The van der Waals surface area contributed by atoms with Gasteiger partial charge in [-0.15, -0.1) is 0 Å². The fourth-order valence-electron chi connectivity index (χ4n) is 2.35. The SMILES string of the molecule is Cc1cc(C(F)(F)F)cc(C)c1NC(=O)N1CCS(=O)CC1. The molecule has 0 unspecified atom stereocenters. The van der Waals surface area contributed by atoms with Gasteiger partial charge in [0.25, 0.3) is 0 Å². The normalized spacial score (nSPS) is 16.7. The van der Waals surface area contributed by atoms with Crippen molar-refractivity contribution in [1.82, 2.24) is 4.90 Å². The van der Waals surface area contributed by atoms with Crippen LogP contribution in [0, 0.1) is 13.8 Å². The Kier molecular flexibility index (Phi) is 4.79. The maximum Gasteiger partial charge on any atom is 0.416 e. The van der Waals surface area contributed by atoms with E-state index in [0.717, 1.165) is 12.1 Å². The molecule has 1 aromatic rings. The Morgan fingerprint density at radius 1 is 1.18 bits per heavy atom. The number of benzene rings is 1. The molecule has 1 aliphatic heterocycles. The van der Waals surface area contributed by atoms with Gasteiger partial charge in [0.2, 0.25) is 0 Å². The third-order valence-electron chi connectivity index (χ3n) is 3.56. The minimum atomic E-state index is -4.41. The molecule has 4 nitrogen and oxygen atoms in total. The standard InChI is InChI=1S/C14H17F3N2O2S/c1-9-7-11(14(15,16)17)8-10(2)12(9)18-13(20)19-3-5-22(21)6-4-19/h7-8H,3-6H2,1-2H3,(H,18,20). The second kappa shape index (κ2) is 6.28. The molecule has 1 fully saturated rings. The van der Waals surface area contributed by atoms with Gasteiger partial charge in [-0.3, -0.25) is 4.21 Å². The number of carbonyl (C=O) groups is 1. The maximum absolute atomic E-state index is 12.7. The van der Waals surface area contributed by atoms with Gasteiger partial charge in [0, 0.05) is 41.1 Å². The molecule has 1 saturated heterocycles. The van der Waals surface area contributed by atoms with Crippen molar-refractivity contribution in [2.24, 2.45) is 0 Å². The minimum Gasteiger partial charge on any atom is -0.323 e. The summed E-state index contributed by atoms with van der Waals surface area (Å²) in [5.74, 6) is 0.858. The molecule has 8 heteroatoms. The summed E-state index contributed by atoms with van der Waals surface area (Å²) in [6.07, 6.45) is -4.41. The van der Waals surface area contributed by atoms with Crippen LogP contribution in [-0.4, -0.2) is 39.7 Å². The molecule has 122 valence electrons. The number of carbonyl (C=O) groups excluding carboxylic acids is 1. The first-order chi connectivity index (χ1) is 10.2. The van der Waals surface area contributed by atoms with Crippen LogP contribution in [0.3, 0.4) is 0 Å². The summed E-state index contributed by atoms with van der Waals surface area (Å²) < 4.78 is 49.5. The van der Waals surface area contributed by atoms with E-state index < -0.39 is 22.5 Å². The lowest BCUT2D eigenvalue weighted by Gasteiger charge is -2.27. The van der Waals surface area contributed by atoms with Crippen molar-refractivity contribution in [2.75, 3.05) is 29.9 Å². The summed E-state index contributed by atoms with van der Waals surface area (Å²) in [4.78, 5) is 13.7. The number of anilines is 1. The van der Waals surface area contributed by atoms with Crippen LogP contribution in [-0.2, 0) is 17.0 Å². The quantitative estimate of drug-likeness (QED) is 0.858. The molecule has 0 aromatic heterocycles. The van der Waals surface area contributed by atoms with Gasteiger partial charge < -0.3 is 10.2 Å². The van der Waals surface area contributed by atoms with Gasteiger partial charge in [0.15, 0.2) is 0 Å². The number of hydrogen-bond donors (Lipinski definition) is 1. The first-order valence-electron chi connectivity index (χ1n) is 6.78. The van der Waals surface area contributed by atoms with Crippen LogP contribution in [0.15, 0.2) is 12.1 Å². The van der Waals surface area contributed by atoms with Crippen LogP contribution >= 0.6 is 0 Å². The number of nitrogens with zero attached hydrogens (tertiary/aromatic N) is 1. The number of nitrogens with one attached hydrogen (secondary N) is 1. The Balaban J connectivity index is 2.16. The van der Waals surface area contributed by atoms with E-state index in [0.29, 0.717) is 41.4 Å². The van der Waals surface area contributed by atoms with Crippen molar-refractivity contribution in [1.29, 1.82) is 0 Å². The van der Waals surface area contributed by atoms with Crippen LogP contribution in [0.5, 0.6) is 0 Å². The number of aryl methyl sites for hydroxylation is 2. The van der Waals surface area contributed by atoms with E-state index in [2.05, 4.69) is 5.32 Å². The molecule has 0 spiro atoms. The Hall–Kier alpha value is -1.57. The Morgan fingerprint density at radius 2 is 1.68 bits per heavy atom. The first kappa shape index (κ1) is 16.8. The Bertz CT molecular complexity index is 584. The smallest absolute Gasteiger partial charge is 0.323 e. The Morgan fingerprint density at radius 3 is 2.14 bits per heavy atom. The summed E-state index contributed by atoms with van der Waals surface area (Å²) >= 11 is 0. The molecule has 1 aromatic carbocycles. The molecule has 0 atom stereocenters. The number of amides is 2. The van der Waals surface area contributed by atoms with Gasteiger partial charge in [-0.1, -0.05) is 0 Å². The van der Waals surface area contributed by atoms with Crippen LogP contribution in [0.25, 0.3) is 0 Å². The third-order valence-corrected chi connectivity index (χ3v) is 4.83. The number of urea groups is 1. The third kappa shape index (κ3) is 3.79. The fraction of sp³-hybridized carbons (Fsp3) is 0.500. The molecule has 1 aliphatic rings. The highest BCUT2D eigenvalue weighted by Crippen LogP contribution is 2.33. The van der Waals surface area contributed by atoms with Crippen LogP contribution in [0.1, 0.15) is 16.7 Å². The average Bonchev–Trinajstić information content (AvgIpc) is 2.42. The van der Waals surface area contributed by atoms with Crippen LogP contribution in [0.4, 0.5) is 23.7 Å². The van der Waals surface area contributed by atoms with Crippen molar-refractivity contribution in [3.8, 4) is 0 Å². The zero-order valence-corrected chi connectivity index (χ0v) is 13.1. The number of rotatable bonds is 1. The first-order valence-corrected chi connectivity index (χ1v) is 8.26. The molecule has 2 amide bonds. The van der Waals surface area contributed by atoms with Crippen molar-refractivity contribution in [3.63, 3.8) is 0 Å². The molecular formula is C14H17F3N2O2S. The van der Waals surface area contributed by atoms with Gasteiger partial charge in [-0.25, -0.2) is 4.79 Å².